The summed E-state index contributed by atoms with van der Waals surface area (Å²) in [6.45, 7) is 17.9. The van der Waals surface area contributed by atoms with Gasteiger partial charge in [-0.15, -0.1) is 108 Å². The second-order valence-corrected chi connectivity index (χ2v) is 19.2. The number of pyridine rings is 3. The van der Waals surface area contributed by atoms with Crippen LogP contribution in [0.3, 0.4) is 0 Å². The van der Waals surface area contributed by atoms with Crippen LogP contribution in [0.5, 0.6) is 0 Å². The Hall–Kier alpha value is -6.86. The molecule has 3 aromatic heterocycles. The molecule has 79 heavy (non-hydrogen) atoms. The molecule has 0 saturated heterocycles. The summed E-state index contributed by atoms with van der Waals surface area (Å²) in [5, 5.41) is 17.9. The van der Waals surface area contributed by atoms with Crippen LogP contribution in [0.4, 0.5) is 0 Å². The fraction of sp³-hybridized carbons (Fsp3) is 0.174. The Bertz CT molecular complexity index is 3830. The van der Waals surface area contributed by atoms with Gasteiger partial charge in [0, 0.05) is 113 Å². The molecule has 3 heterocycles. The van der Waals surface area contributed by atoms with Crippen molar-refractivity contribution in [3.63, 3.8) is 0 Å². The monoisotopic (exact) mass is 1590 g/mol. The second-order valence-electron chi connectivity index (χ2n) is 19.2. The quantitative estimate of drug-likeness (QED) is 0.0885. The zero-order chi connectivity index (χ0) is 63.8. The fourth-order valence-electron chi connectivity index (χ4n) is 6.58. The maximum atomic E-state index is 11.5. The van der Waals surface area contributed by atoms with Gasteiger partial charge in [0.15, 0.2) is 11.6 Å². The molecule has 0 aliphatic carbocycles. The van der Waals surface area contributed by atoms with E-state index in [0.29, 0.717) is 16.8 Å². The number of nitrogens with zero attached hydrogens (tertiary/aromatic N) is 3. The summed E-state index contributed by atoms with van der Waals surface area (Å²) in [5.74, 6) is 0.0415. The van der Waals surface area contributed by atoms with Crippen molar-refractivity contribution in [2.24, 2.45) is 10.8 Å². The average Bonchev–Trinajstić information content (AvgIpc) is 3.62. The van der Waals surface area contributed by atoms with Crippen molar-refractivity contribution >= 4 is 11.6 Å². The molecule has 0 atom stereocenters. The van der Waals surface area contributed by atoms with Gasteiger partial charge in [0.05, 0.1) is 19.5 Å². The molecule has 0 spiro atoms. The van der Waals surface area contributed by atoms with Crippen LogP contribution in [-0.4, -0.2) is 36.7 Å². The standard InChI is InChI=1S/2C18H14N.C17H12N.C11H20O2.C5H8O2.3Ir/c2*1-14-12-18(16-10-6-3-7-11-16)19-13-17(14)15-8-4-2-5-9-15;1-3-7-14(8-4-1)16-11-12-17(18-13-16)15-9-5-2-6-10-15;1-10(2,3)8(12)7-9(13)11(4,5)6;1-4(6)3-5(2)7;;;/h2*2-10,12-13H,1H3;1-9,11-13H;7,12H,1-6H3;3,6H,1-2H3;;;/q3*-1;;;;;/i2D,4D,5D,8D,9D;;1D,3D,4D,7D,8D;;;;;. The summed E-state index contributed by atoms with van der Waals surface area (Å²) in [5.41, 5.74) is 10.1. The van der Waals surface area contributed by atoms with Crippen molar-refractivity contribution in [2.75, 3.05) is 0 Å². The van der Waals surface area contributed by atoms with Gasteiger partial charge < -0.3 is 25.2 Å². The maximum Gasteiger partial charge on any atom is 0.164 e. The zero-order valence-corrected chi connectivity index (χ0v) is 52.7. The molecule has 0 saturated carbocycles. The number of hydrogen-bond acceptors (Lipinski definition) is 7. The van der Waals surface area contributed by atoms with E-state index >= 15 is 0 Å². The van der Waals surface area contributed by atoms with Crippen LogP contribution in [0.15, 0.2) is 230 Å². The van der Waals surface area contributed by atoms with Gasteiger partial charge in [-0.2, -0.15) is 0 Å². The molecule has 9 aromatic rings. The zero-order valence-electron chi connectivity index (χ0n) is 55.6. The average molecular weight is 1590 g/mol. The predicted molar refractivity (Wildman–Crippen MR) is 313 cm³/mol. The van der Waals surface area contributed by atoms with Crippen LogP contribution in [0, 0.1) is 42.9 Å². The number of ketones is 2. The van der Waals surface area contributed by atoms with E-state index in [1.54, 1.807) is 30.5 Å². The molecule has 0 amide bonds. The Morgan fingerprint density at radius 3 is 1.25 bits per heavy atom. The van der Waals surface area contributed by atoms with Crippen molar-refractivity contribution in [1.29, 1.82) is 0 Å². The Balaban J connectivity index is 0.000000393. The minimum absolute atomic E-state index is 0. The Morgan fingerprint density at radius 1 is 0.481 bits per heavy atom. The SMILES string of the molecule is CC(=O)C=C(C)O.CC(C)(C)C(=O)C=C(O)C(C)(C)C.Cc1cc(-c2[c-]cccc2)ncc1-c1ccccc1.[2H]c1c([2H])c([2H])c(-c2ccc(-c3[c-]cccc3)nc2)c([2H])c1[2H].[2H]c1c([2H])c([2H])c(-c2cnc(-c3[c-]cccc3)cc2C)c([2H])c1[2H].[Ir].[Ir].[Ir]. The first-order chi connectivity index (χ1) is 40.4. The Kier molecular flexibility index (Phi) is 22.9. The first kappa shape index (κ1) is 52.8. The van der Waals surface area contributed by atoms with E-state index in [0.717, 1.165) is 33.6 Å². The molecule has 7 nitrogen and oxygen atoms in total. The molecule has 0 unspecified atom stereocenters. The van der Waals surface area contributed by atoms with Crippen molar-refractivity contribution in [1.82, 2.24) is 15.0 Å². The number of hydrogen-bond donors (Lipinski definition) is 2. The topological polar surface area (TPSA) is 113 Å². The molecule has 9 rings (SSSR count). The number of carbonyl (C=O) groups excluding carboxylic acids is 2. The molecular formula is C69H68Ir3N3O4-3. The summed E-state index contributed by atoms with van der Waals surface area (Å²) in [6, 6.07) is 46.9. The Labute approximate surface area is 523 Å². The molecular weight excluding hydrogens is 1510 g/mol. The van der Waals surface area contributed by atoms with Crippen molar-refractivity contribution < 1.29 is 93.8 Å². The second kappa shape index (κ2) is 34.2. The van der Waals surface area contributed by atoms with Crippen LogP contribution in [-0.2, 0) is 69.9 Å². The third-order valence-electron chi connectivity index (χ3n) is 10.8. The largest absolute Gasteiger partial charge is 0.512 e. The van der Waals surface area contributed by atoms with Crippen molar-refractivity contribution in [3.05, 3.63) is 259 Å². The Morgan fingerprint density at radius 2 is 0.899 bits per heavy atom. The molecule has 2 N–H and O–H groups in total. The van der Waals surface area contributed by atoms with E-state index in [1.165, 1.54) is 48.9 Å². The van der Waals surface area contributed by atoms with Crippen molar-refractivity contribution in [3.8, 4) is 67.2 Å². The minimum Gasteiger partial charge on any atom is -0.512 e. The van der Waals surface area contributed by atoms with Gasteiger partial charge in [0.25, 0.3) is 0 Å². The van der Waals surface area contributed by atoms with Crippen LogP contribution in [0.1, 0.15) is 80.2 Å². The summed E-state index contributed by atoms with van der Waals surface area (Å²) in [7, 11) is 0. The number of allylic oxidation sites excluding steroid dienone is 4. The fourth-order valence-corrected chi connectivity index (χ4v) is 6.58. The molecule has 0 aliphatic rings. The van der Waals surface area contributed by atoms with Crippen LogP contribution < -0.4 is 0 Å². The van der Waals surface area contributed by atoms with E-state index in [-0.39, 0.29) is 148 Å². The number of carbonyl (C=O) groups is 2. The van der Waals surface area contributed by atoms with E-state index < -0.39 is 17.5 Å². The normalized spacial score (nSPS) is 12.5. The number of benzene rings is 6. The first-order valence-electron chi connectivity index (χ1n) is 29.3. The third-order valence-corrected chi connectivity index (χ3v) is 10.8. The summed E-state index contributed by atoms with van der Waals surface area (Å²) >= 11 is 0. The molecule has 3 radical (unpaired) electrons. The summed E-state index contributed by atoms with van der Waals surface area (Å²) < 4.78 is 78.5. The van der Waals surface area contributed by atoms with Crippen LogP contribution >= 0.6 is 0 Å². The van der Waals surface area contributed by atoms with Crippen LogP contribution in [0.2, 0.25) is 0 Å². The number of aromatic nitrogens is 3. The molecule has 0 aliphatic heterocycles. The number of rotatable bonds is 8. The number of aryl methyl sites for hydroxylation is 2. The number of aliphatic hydroxyl groups is 2. The van der Waals surface area contributed by atoms with Gasteiger partial charge in [0.2, 0.25) is 0 Å². The van der Waals surface area contributed by atoms with Crippen molar-refractivity contribution in [2.45, 2.75) is 69.2 Å². The van der Waals surface area contributed by atoms with Crippen LogP contribution in [0.25, 0.3) is 67.2 Å². The van der Waals surface area contributed by atoms with Gasteiger partial charge in [-0.05, 0) is 78.2 Å². The molecule has 0 bridgehead atoms. The summed E-state index contributed by atoms with van der Waals surface area (Å²) in [6.07, 6.45) is 7.52. The van der Waals surface area contributed by atoms with Gasteiger partial charge in [0.1, 0.15) is 5.76 Å². The molecule has 6 aromatic carbocycles. The van der Waals surface area contributed by atoms with Gasteiger partial charge >= 0.3 is 0 Å². The molecule has 10 heteroatoms. The summed E-state index contributed by atoms with van der Waals surface area (Å²) in [4.78, 5) is 34.8. The number of aliphatic hydroxyl groups excluding tert-OH is 2. The van der Waals surface area contributed by atoms with E-state index in [1.807, 2.05) is 140 Å². The third kappa shape index (κ3) is 23.2. The van der Waals surface area contributed by atoms with E-state index in [2.05, 4.69) is 58.3 Å². The van der Waals surface area contributed by atoms with Gasteiger partial charge in [-0.25, -0.2) is 0 Å². The van der Waals surface area contributed by atoms with Gasteiger partial charge in [-0.1, -0.05) is 157 Å². The minimum atomic E-state index is -0.417. The molecule has 0 fully saturated rings. The molecule has 413 valence electrons. The van der Waals surface area contributed by atoms with Gasteiger partial charge in [-0.3, -0.25) is 9.59 Å². The first-order valence-corrected chi connectivity index (χ1v) is 24.3. The maximum absolute atomic E-state index is 11.5. The van der Waals surface area contributed by atoms with E-state index in [4.69, 9.17) is 18.8 Å². The predicted octanol–water partition coefficient (Wildman–Crippen LogP) is 17.4. The van der Waals surface area contributed by atoms with E-state index in [9.17, 15) is 14.7 Å². The smallest absolute Gasteiger partial charge is 0.164 e.